The maximum absolute atomic E-state index is 14.6. The normalized spacial score (nSPS) is 27.1. The highest BCUT2D eigenvalue weighted by atomic mass is 32.2. The molecule has 5 amide bonds. The van der Waals surface area contributed by atoms with E-state index in [-0.39, 0.29) is 43.7 Å². The first-order valence-electron chi connectivity index (χ1n) is 21.6. The van der Waals surface area contributed by atoms with Gasteiger partial charge in [0.25, 0.3) is 5.69 Å². The van der Waals surface area contributed by atoms with Crippen molar-refractivity contribution in [2.45, 2.75) is 121 Å². The monoisotopic (exact) mass is 911 g/mol. The molecule has 9 atom stereocenters. The molecule has 21 heteroatoms. The van der Waals surface area contributed by atoms with Crippen molar-refractivity contribution in [3.8, 4) is 0 Å². The highest BCUT2D eigenvalue weighted by molar-refractivity contribution is 7.99. The highest BCUT2D eigenvalue weighted by Gasteiger charge is 2.44. The average Bonchev–Trinajstić information content (AvgIpc) is 3.83. The Morgan fingerprint density at radius 3 is 2.28 bits per heavy atom. The standard InChI is InChI=1S/C43H57N7O13S/c1-6-21(3)38-34(54)13-23-12-28-27-16-25(50(61)62)8-9-29(27)46-42(28)64-20-30(45-36(56)18-44-41(59)39(22(4)7-2)47-35(55)11-10-32(23)52)33(53)14-24(15-37(57)63-5)43(60)49-19-26(51)17-31(49)40(58)48-38/h8-9,16,21-24,26,30-31,38-39,46,51H,6-7,10-15,17-20H2,1-5H3,(H,44,59)(H,45,56)(H,47,55)(H,48,58)/t21-,22-,23+,24-,26+,30-,31-,38-,39-/m0/s1. The van der Waals surface area contributed by atoms with Crippen molar-refractivity contribution in [2.24, 2.45) is 23.7 Å². The molecular weight excluding hydrogens is 855 g/mol. The third-order valence-corrected chi connectivity index (χ3v) is 13.7. The second-order valence-electron chi connectivity index (χ2n) is 17.0. The molecule has 2 aromatic rings. The Hall–Kier alpha value is -5.70. The molecule has 1 aromatic heterocycles. The van der Waals surface area contributed by atoms with Gasteiger partial charge in [0.2, 0.25) is 29.5 Å². The van der Waals surface area contributed by atoms with Gasteiger partial charge in [0.05, 0.1) is 54.1 Å². The largest absolute Gasteiger partial charge is 0.469 e. The number of nitro groups is 1. The van der Waals surface area contributed by atoms with Crippen LogP contribution in [-0.2, 0) is 54.3 Å². The zero-order chi connectivity index (χ0) is 47.0. The maximum Gasteiger partial charge on any atom is 0.306 e. The molecule has 3 aliphatic rings. The Balaban J connectivity index is 1.72. The summed E-state index contributed by atoms with van der Waals surface area (Å²) in [6, 6.07) is -0.971. The van der Waals surface area contributed by atoms with Gasteiger partial charge in [-0.2, -0.15) is 0 Å². The van der Waals surface area contributed by atoms with Gasteiger partial charge in [-0.1, -0.05) is 40.5 Å². The summed E-state index contributed by atoms with van der Waals surface area (Å²) in [4.78, 5) is 141. The van der Waals surface area contributed by atoms with Crippen LogP contribution in [0.15, 0.2) is 23.2 Å². The first-order valence-corrected chi connectivity index (χ1v) is 22.6. The number of aliphatic hydroxyl groups excluding tert-OH is 1. The third kappa shape index (κ3) is 11.9. The van der Waals surface area contributed by atoms with Crippen LogP contribution in [0.4, 0.5) is 5.69 Å². The fourth-order valence-electron chi connectivity index (χ4n) is 8.34. The zero-order valence-corrected chi connectivity index (χ0v) is 37.4. The summed E-state index contributed by atoms with van der Waals surface area (Å²) in [5.74, 6) is -10.1. The number of rotatable bonds is 7. The quantitative estimate of drug-likeness (QED) is 0.130. The first kappa shape index (κ1) is 49.3. The molecule has 4 heterocycles. The van der Waals surface area contributed by atoms with Crippen LogP contribution in [0.2, 0.25) is 0 Å². The molecule has 0 unspecified atom stereocenters. The van der Waals surface area contributed by atoms with E-state index in [1.165, 1.54) is 18.2 Å². The van der Waals surface area contributed by atoms with Gasteiger partial charge in [-0.25, -0.2) is 0 Å². The van der Waals surface area contributed by atoms with Crippen LogP contribution >= 0.6 is 11.8 Å². The van der Waals surface area contributed by atoms with Gasteiger partial charge in [0.1, 0.15) is 17.9 Å². The smallest absolute Gasteiger partial charge is 0.306 e. The molecule has 20 nitrogen and oxygen atoms in total. The minimum atomic E-state index is -1.43. The fourth-order valence-corrected chi connectivity index (χ4v) is 9.49. The van der Waals surface area contributed by atoms with Gasteiger partial charge in [0, 0.05) is 73.4 Å². The minimum absolute atomic E-state index is 0.183. The number of carbonyl (C=O) groups excluding carboxylic acids is 9. The van der Waals surface area contributed by atoms with E-state index >= 15 is 0 Å². The van der Waals surface area contributed by atoms with Crippen molar-refractivity contribution in [3.05, 3.63) is 33.9 Å². The number of esters is 1. The van der Waals surface area contributed by atoms with Crippen molar-refractivity contribution < 1.29 is 57.9 Å². The van der Waals surface area contributed by atoms with Crippen molar-refractivity contribution in [3.63, 3.8) is 0 Å². The number of Topliss-reactive ketones (excluding diaryl/α,β-unsaturated/α-hetero) is 3. The number of hydrogen-bond donors (Lipinski definition) is 6. The van der Waals surface area contributed by atoms with Crippen LogP contribution in [0.5, 0.6) is 0 Å². The number of aromatic nitrogens is 1. The average molecular weight is 912 g/mol. The predicted molar refractivity (Wildman–Crippen MR) is 230 cm³/mol. The Bertz CT molecular complexity index is 2180. The fraction of sp³-hybridized carbons (Fsp3) is 0.605. The number of benzene rings is 1. The Morgan fingerprint density at radius 1 is 0.906 bits per heavy atom. The lowest BCUT2D eigenvalue weighted by Crippen LogP contribution is -2.54. The van der Waals surface area contributed by atoms with E-state index in [4.69, 9.17) is 4.74 Å². The van der Waals surface area contributed by atoms with Crippen molar-refractivity contribution in [1.29, 1.82) is 0 Å². The van der Waals surface area contributed by atoms with Gasteiger partial charge < -0.3 is 41.0 Å². The number of non-ortho nitro benzene ring substituents is 1. The predicted octanol–water partition coefficient (Wildman–Crippen LogP) is 1.43. The number of methoxy groups -OCH3 is 1. The van der Waals surface area contributed by atoms with E-state index in [2.05, 4.69) is 26.3 Å². The van der Waals surface area contributed by atoms with Gasteiger partial charge >= 0.3 is 5.97 Å². The molecule has 0 saturated carbocycles. The summed E-state index contributed by atoms with van der Waals surface area (Å²) in [5, 5.41) is 34.0. The van der Waals surface area contributed by atoms with Crippen LogP contribution in [0.25, 0.3) is 10.9 Å². The Kier molecular flexibility index (Phi) is 16.8. The number of ether oxygens (including phenoxy) is 1. The lowest BCUT2D eigenvalue weighted by molar-refractivity contribution is -0.384. The van der Waals surface area contributed by atoms with Crippen LogP contribution in [0.3, 0.4) is 0 Å². The van der Waals surface area contributed by atoms with Gasteiger partial charge in [-0.3, -0.25) is 53.3 Å². The van der Waals surface area contributed by atoms with E-state index in [1.807, 2.05) is 0 Å². The summed E-state index contributed by atoms with van der Waals surface area (Å²) in [6.45, 7) is 6.08. The SMILES string of the molecule is CC[C@H](C)[C@@H]1NC(=O)[C@@H]2C[C@@H](O)CN2C(=O)[C@H](CC(=O)OC)CC(=O)[C@@H]2CSc3[nH]c4ccc([N+](=O)[O-])cc4c3C[C@H](CC1=O)C(=O)CCC(=O)N[C@@H]([C@@H](C)CC)C(=O)NCC(=O)N2. The highest BCUT2D eigenvalue weighted by Crippen LogP contribution is 2.36. The molecule has 5 rings (SSSR count). The van der Waals surface area contributed by atoms with Crippen molar-refractivity contribution >= 4 is 81.2 Å². The molecular formula is C43H57N7O13S. The number of thioether (sulfide) groups is 1. The number of H-pyrrole nitrogens is 1. The first-order chi connectivity index (χ1) is 30.3. The van der Waals surface area contributed by atoms with E-state index in [9.17, 15) is 58.4 Å². The number of hydrogen-bond acceptors (Lipinski definition) is 14. The molecule has 0 radical (unpaired) electrons. The molecule has 2 bridgehead atoms. The third-order valence-electron chi connectivity index (χ3n) is 12.5. The Morgan fingerprint density at radius 2 is 1.61 bits per heavy atom. The van der Waals surface area contributed by atoms with Gasteiger partial charge in [0.15, 0.2) is 11.6 Å². The van der Waals surface area contributed by atoms with E-state index in [0.717, 1.165) is 23.8 Å². The topological polar surface area (TPSA) is 293 Å². The number of aromatic amines is 1. The molecule has 1 aromatic carbocycles. The summed E-state index contributed by atoms with van der Waals surface area (Å²) in [7, 11) is 1.09. The van der Waals surface area contributed by atoms with Crippen LogP contribution in [0.1, 0.15) is 84.6 Å². The molecule has 3 aliphatic heterocycles. The second kappa shape index (κ2) is 21.8. The van der Waals surface area contributed by atoms with E-state index in [1.54, 1.807) is 27.7 Å². The number of nitro benzene ring substituents is 1. The molecule has 348 valence electrons. The van der Waals surface area contributed by atoms with Crippen LogP contribution < -0.4 is 21.3 Å². The summed E-state index contributed by atoms with van der Waals surface area (Å²) in [5.41, 5.74) is 0.523. The van der Waals surface area contributed by atoms with E-state index < -0.39 is 138 Å². The van der Waals surface area contributed by atoms with Crippen LogP contribution in [0, 0.1) is 33.8 Å². The molecule has 1 saturated heterocycles. The number of nitrogens with zero attached hydrogens (tertiary/aromatic N) is 2. The number of amides is 5. The number of fused-ring (bicyclic) bond motifs is 5. The van der Waals surface area contributed by atoms with Crippen molar-refractivity contribution in [1.82, 2.24) is 31.2 Å². The number of ketones is 3. The van der Waals surface area contributed by atoms with Crippen LogP contribution in [-0.4, -0.2) is 129 Å². The summed E-state index contributed by atoms with van der Waals surface area (Å²) in [6.07, 6.45) is -3.19. The minimum Gasteiger partial charge on any atom is -0.469 e. The maximum atomic E-state index is 14.6. The lowest BCUT2D eigenvalue weighted by atomic mass is 9.84. The van der Waals surface area contributed by atoms with Gasteiger partial charge in [-0.15, -0.1) is 11.8 Å². The summed E-state index contributed by atoms with van der Waals surface area (Å²) >= 11 is 1.02. The van der Waals surface area contributed by atoms with Gasteiger partial charge in [-0.05, 0) is 29.9 Å². The second-order valence-corrected chi connectivity index (χ2v) is 18.0. The Labute approximate surface area is 373 Å². The lowest BCUT2D eigenvalue weighted by Gasteiger charge is -2.31. The molecule has 0 spiro atoms. The number of carbonyl (C=O) groups is 9. The zero-order valence-electron chi connectivity index (χ0n) is 36.6. The molecule has 0 aliphatic carbocycles. The molecule has 64 heavy (non-hydrogen) atoms. The van der Waals surface area contributed by atoms with Crippen molar-refractivity contribution in [2.75, 3.05) is 26.0 Å². The number of aliphatic hydroxyl groups is 1. The summed E-state index contributed by atoms with van der Waals surface area (Å²) < 4.78 is 4.86. The number of nitrogens with one attached hydrogen (secondary N) is 5. The molecule has 6 N–H and O–H groups in total. The van der Waals surface area contributed by atoms with E-state index in [0.29, 0.717) is 34.3 Å². The molecule has 1 fully saturated rings.